The summed E-state index contributed by atoms with van der Waals surface area (Å²) in [7, 11) is 0. The molecule has 0 atom stereocenters. The molecule has 2 aromatic rings. The predicted octanol–water partition coefficient (Wildman–Crippen LogP) is 3.83. The first-order valence-corrected chi connectivity index (χ1v) is 6.87. The van der Waals surface area contributed by atoms with Gasteiger partial charge in [-0.3, -0.25) is 0 Å². The fourth-order valence-electron chi connectivity index (χ4n) is 1.66. The third-order valence-electron chi connectivity index (χ3n) is 2.67. The van der Waals surface area contributed by atoms with E-state index in [2.05, 4.69) is 26.1 Å². The monoisotopic (exact) mass is 373 g/mol. The van der Waals surface area contributed by atoms with E-state index >= 15 is 0 Å². The summed E-state index contributed by atoms with van der Waals surface area (Å²) in [6.07, 6.45) is 1.50. The van der Waals surface area contributed by atoms with E-state index in [1.54, 1.807) is 13.0 Å². The molecule has 0 spiro atoms. The van der Waals surface area contributed by atoms with Gasteiger partial charge in [-0.15, -0.1) is 0 Å². The topological polar surface area (TPSA) is 80.7 Å². The van der Waals surface area contributed by atoms with E-state index in [1.165, 1.54) is 12.3 Å². The minimum atomic E-state index is -0.632. The third kappa shape index (κ3) is 3.25. The van der Waals surface area contributed by atoms with Gasteiger partial charge < -0.3 is 15.7 Å². The first kappa shape index (κ1) is 15.5. The average Bonchev–Trinajstić information content (AvgIpc) is 2.44. The van der Waals surface area contributed by atoms with Gasteiger partial charge in [-0.05, 0) is 40.5 Å². The van der Waals surface area contributed by atoms with Crippen molar-refractivity contribution in [2.24, 2.45) is 10.9 Å². The molecule has 0 bridgehead atoms. The maximum atomic E-state index is 13.5. The molecule has 1 aromatic heterocycles. The molecule has 1 heterocycles. The molecule has 0 fully saturated rings. The molecule has 0 amide bonds. The highest BCUT2D eigenvalue weighted by Crippen LogP contribution is 2.34. The highest BCUT2D eigenvalue weighted by atomic mass is 79.9. The van der Waals surface area contributed by atoms with Crippen LogP contribution in [0.3, 0.4) is 0 Å². The lowest BCUT2D eigenvalue weighted by Gasteiger charge is -2.12. The lowest BCUT2D eigenvalue weighted by atomic mass is 10.1. The molecule has 0 radical (unpaired) electrons. The van der Waals surface area contributed by atoms with Gasteiger partial charge in [0.25, 0.3) is 0 Å². The summed E-state index contributed by atoms with van der Waals surface area (Å²) in [5, 5.41) is 11.7. The highest BCUT2D eigenvalue weighted by Gasteiger charge is 2.16. The SMILES string of the molecule is Cc1ccnc(Oc2cc(F)c(Cl)cc2Br)c1/C(N)=N/O. The summed E-state index contributed by atoms with van der Waals surface area (Å²) in [5.41, 5.74) is 6.63. The molecule has 0 aliphatic rings. The van der Waals surface area contributed by atoms with Crippen molar-refractivity contribution in [2.75, 3.05) is 0 Å². The van der Waals surface area contributed by atoms with Crippen LogP contribution in [-0.4, -0.2) is 16.0 Å². The molecule has 2 rings (SSSR count). The van der Waals surface area contributed by atoms with Crippen LogP contribution in [0.25, 0.3) is 0 Å². The van der Waals surface area contributed by atoms with Crippen LogP contribution in [0.4, 0.5) is 4.39 Å². The van der Waals surface area contributed by atoms with Crippen LogP contribution in [0.15, 0.2) is 34.0 Å². The Kier molecular flexibility index (Phi) is 4.64. The van der Waals surface area contributed by atoms with Crippen LogP contribution in [-0.2, 0) is 0 Å². The minimum Gasteiger partial charge on any atom is -0.437 e. The van der Waals surface area contributed by atoms with Crippen molar-refractivity contribution in [1.29, 1.82) is 0 Å². The number of hydrogen-bond acceptors (Lipinski definition) is 4. The standard InChI is InChI=1S/C13H10BrClFN3O2/c1-6-2-3-18-13(11(6)12(17)19-20)21-10-5-9(16)8(15)4-7(10)14/h2-5,20H,1H3,(H2,17,19). The van der Waals surface area contributed by atoms with E-state index in [-0.39, 0.29) is 22.5 Å². The number of oxime groups is 1. The lowest BCUT2D eigenvalue weighted by Crippen LogP contribution is -2.16. The maximum Gasteiger partial charge on any atom is 0.230 e. The van der Waals surface area contributed by atoms with Crippen LogP contribution in [0.1, 0.15) is 11.1 Å². The van der Waals surface area contributed by atoms with Gasteiger partial charge in [-0.2, -0.15) is 0 Å². The smallest absolute Gasteiger partial charge is 0.230 e. The number of nitrogens with zero attached hydrogens (tertiary/aromatic N) is 2. The van der Waals surface area contributed by atoms with Crippen molar-refractivity contribution in [3.8, 4) is 11.6 Å². The van der Waals surface area contributed by atoms with Crippen molar-refractivity contribution < 1.29 is 14.3 Å². The zero-order chi connectivity index (χ0) is 15.6. The van der Waals surface area contributed by atoms with Gasteiger partial charge in [-0.1, -0.05) is 16.8 Å². The number of rotatable bonds is 3. The molecule has 0 aliphatic carbocycles. The number of nitrogens with two attached hydrogens (primary N) is 1. The molecule has 3 N–H and O–H groups in total. The number of amidine groups is 1. The Morgan fingerprint density at radius 1 is 1.52 bits per heavy atom. The first-order valence-electron chi connectivity index (χ1n) is 5.70. The number of aromatic nitrogens is 1. The van der Waals surface area contributed by atoms with E-state index in [4.69, 9.17) is 27.3 Å². The molecule has 21 heavy (non-hydrogen) atoms. The lowest BCUT2D eigenvalue weighted by molar-refractivity contribution is 0.318. The van der Waals surface area contributed by atoms with Gasteiger partial charge >= 0.3 is 0 Å². The Hall–Kier alpha value is -1.86. The fourth-order valence-corrected chi connectivity index (χ4v) is 2.38. The summed E-state index contributed by atoms with van der Waals surface area (Å²) in [6, 6.07) is 4.16. The van der Waals surface area contributed by atoms with Gasteiger partial charge in [-0.25, -0.2) is 9.37 Å². The second-order valence-electron chi connectivity index (χ2n) is 4.09. The van der Waals surface area contributed by atoms with E-state index in [0.717, 1.165) is 6.07 Å². The number of halogens is 3. The van der Waals surface area contributed by atoms with Crippen molar-refractivity contribution in [2.45, 2.75) is 6.92 Å². The highest BCUT2D eigenvalue weighted by molar-refractivity contribution is 9.10. The molecule has 0 aliphatic heterocycles. The Morgan fingerprint density at radius 2 is 2.24 bits per heavy atom. The molecule has 110 valence electrons. The third-order valence-corrected chi connectivity index (χ3v) is 3.58. The fraction of sp³-hybridized carbons (Fsp3) is 0.0769. The van der Waals surface area contributed by atoms with Crippen molar-refractivity contribution in [3.05, 3.63) is 50.8 Å². The Bertz CT molecular complexity index is 725. The second kappa shape index (κ2) is 6.28. The molecular formula is C13H10BrClFN3O2. The number of aryl methyl sites for hydroxylation is 1. The molecule has 1 aromatic carbocycles. The number of benzene rings is 1. The Labute approximate surface area is 133 Å². The van der Waals surface area contributed by atoms with Crippen LogP contribution in [0.5, 0.6) is 11.6 Å². The maximum absolute atomic E-state index is 13.5. The Morgan fingerprint density at radius 3 is 2.90 bits per heavy atom. The average molecular weight is 375 g/mol. The summed E-state index contributed by atoms with van der Waals surface area (Å²) < 4.78 is 19.5. The van der Waals surface area contributed by atoms with Gasteiger partial charge in [0.05, 0.1) is 15.1 Å². The van der Waals surface area contributed by atoms with Crippen LogP contribution >= 0.6 is 27.5 Å². The summed E-state index contributed by atoms with van der Waals surface area (Å²) in [4.78, 5) is 4.03. The summed E-state index contributed by atoms with van der Waals surface area (Å²) in [5.74, 6) is -0.524. The summed E-state index contributed by atoms with van der Waals surface area (Å²) >= 11 is 8.89. The minimum absolute atomic E-state index is 0.0388. The van der Waals surface area contributed by atoms with Crippen LogP contribution in [0.2, 0.25) is 5.02 Å². The van der Waals surface area contributed by atoms with Crippen molar-refractivity contribution >= 4 is 33.4 Å². The van der Waals surface area contributed by atoms with Crippen molar-refractivity contribution in [3.63, 3.8) is 0 Å². The van der Waals surface area contributed by atoms with Gasteiger partial charge in [0.1, 0.15) is 11.6 Å². The second-order valence-corrected chi connectivity index (χ2v) is 5.35. The Balaban J connectivity index is 2.50. The molecule has 0 saturated carbocycles. The number of pyridine rings is 1. The predicted molar refractivity (Wildman–Crippen MR) is 80.7 cm³/mol. The van der Waals surface area contributed by atoms with E-state index in [1.807, 2.05) is 0 Å². The van der Waals surface area contributed by atoms with Gasteiger partial charge in [0.2, 0.25) is 5.88 Å². The largest absolute Gasteiger partial charge is 0.437 e. The quantitative estimate of drug-likeness (QED) is 0.281. The summed E-state index contributed by atoms with van der Waals surface area (Å²) in [6.45, 7) is 1.75. The van der Waals surface area contributed by atoms with Crippen molar-refractivity contribution in [1.82, 2.24) is 4.98 Å². The number of ether oxygens (including phenoxy) is 1. The molecule has 0 unspecified atom stereocenters. The molecule has 5 nitrogen and oxygen atoms in total. The van der Waals surface area contributed by atoms with E-state index < -0.39 is 5.82 Å². The number of hydrogen-bond donors (Lipinski definition) is 2. The van der Waals surface area contributed by atoms with E-state index in [0.29, 0.717) is 15.6 Å². The van der Waals surface area contributed by atoms with E-state index in [9.17, 15) is 4.39 Å². The zero-order valence-electron chi connectivity index (χ0n) is 10.8. The first-order chi connectivity index (χ1) is 9.93. The van der Waals surface area contributed by atoms with Gasteiger partial charge in [0.15, 0.2) is 5.84 Å². The normalized spacial score (nSPS) is 11.5. The van der Waals surface area contributed by atoms with Gasteiger partial charge in [0, 0.05) is 12.3 Å². The van der Waals surface area contributed by atoms with Crippen LogP contribution in [0, 0.1) is 12.7 Å². The molecule has 8 heteroatoms. The molecular weight excluding hydrogens is 365 g/mol. The zero-order valence-corrected chi connectivity index (χ0v) is 13.1. The molecule has 0 saturated heterocycles. The van der Waals surface area contributed by atoms with Crippen LogP contribution < -0.4 is 10.5 Å².